The monoisotopic (exact) mass is 473 g/mol. The van der Waals surface area contributed by atoms with Gasteiger partial charge in [-0.1, -0.05) is 35.9 Å². The molecule has 1 N–H and O–H groups in total. The molecule has 0 unspecified atom stereocenters. The third-order valence-electron chi connectivity index (χ3n) is 6.75. The largest absolute Gasteiger partial charge is 0.443 e. The number of aryl methyl sites for hydroxylation is 1. The van der Waals surface area contributed by atoms with Gasteiger partial charge in [-0.15, -0.1) is 11.3 Å². The van der Waals surface area contributed by atoms with E-state index in [1.54, 1.807) is 29.5 Å². The van der Waals surface area contributed by atoms with E-state index in [9.17, 15) is 9.59 Å². The summed E-state index contributed by atoms with van der Waals surface area (Å²) in [7, 11) is 0. The molecule has 2 amide bonds. The van der Waals surface area contributed by atoms with Crippen LogP contribution in [0.1, 0.15) is 22.3 Å². The van der Waals surface area contributed by atoms with Gasteiger partial charge in [-0.2, -0.15) is 0 Å². The van der Waals surface area contributed by atoms with Gasteiger partial charge in [0.2, 0.25) is 0 Å². The summed E-state index contributed by atoms with van der Waals surface area (Å²) in [5.74, 6) is 1.30. The van der Waals surface area contributed by atoms with Gasteiger partial charge in [0.25, 0.3) is 5.91 Å². The quantitative estimate of drug-likeness (QED) is 0.435. The molecule has 4 aromatic rings. The number of likely N-dealkylation sites (tertiary alicyclic amines) is 1. The zero-order valence-electron chi connectivity index (χ0n) is 18.6. The molecule has 172 valence electrons. The normalized spacial score (nSPS) is 20.9. The number of carbonyl (C=O) groups is 2. The van der Waals surface area contributed by atoms with Crippen molar-refractivity contribution in [2.75, 3.05) is 13.1 Å². The molecule has 8 heteroatoms. The summed E-state index contributed by atoms with van der Waals surface area (Å²) < 4.78 is 10.7. The second kappa shape index (κ2) is 8.29. The highest BCUT2D eigenvalue weighted by Crippen LogP contribution is 2.50. The third kappa shape index (κ3) is 3.74. The Morgan fingerprint density at radius 1 is 1.21 bits per heavy atom. The third-order valence-corrected chi connectivity index (χ3v) is 7.72. The molecule has 1 aliphatic carbocycles. The zero-order chi connectivity index (χ0) is 23.2. The van der Waals surface area contributed by atoms with Crippen molar-refractivity contribution in [1.29, 1.82) is 0 Å². The molecule has 3 atom stereocenters. The number of ether oxygens (including phenoxy) is 1. The number of para-hydroxylation sites is 1. The van der Waals surface area contributed by atoms with E-state index in [0.717, 1.165) is 29.0 Å². The van der Waals surface area contributed by atoms with Crippen molar-refractivity contribution < 1.29 is 18.7 Å². The Kier molecular flexibility index (Phi) is 5.10. The van der Waals surface area contributed by atoms with Gasteiger partial charge in [-0.05, 0) is 54.3 Å². The van der Waals surface area contributed by atoms with Crippen LogP contribution < -0.4 is 10.1 Å². The molecule has 2 aromatic carbocycles. The minimum atomic E-state index is -0.567. The maximum atomic E-state index is 13.6. The number of thiophene rings is 1. The second-order valence-corrected chi connectivity index (χ2v) is 9.86. The Labute approximate surface area is 200 Å². The van der Waals surface area contributed by atoms with Crippen LogP contribution in [0, 0.1) is 18.8 Å². The SMILES string of the molecule is Cc1ccc(-c2sccc2C(=O)N2C[C@@H]3C[C@@H]3[C@H]2CNC(=O)Oc2cccc3ocnc23)cc1. The van der Waals surface area contributed by atoms with Gasteiger partial charge in [0.15, 0.2) is 23.2 Å². The Morgan fingerprint density at radius 3 is 2.91 bits per heavy atom. The van der Waals surface area contributed by atoms with E-state index in [4.69, 9.17) is 9.15 Å². The summed E-state index contributed by atoms with van der Waals surface area (Å²) in [4.78, 5) is 33.1. The number of rotatable bonds is 5. The van der Waals surface area contributed by atoms with E-state index in [2.05, 4.69) is 41.5 Å². The maximum Gasteiger partial charge on any atom is 0.412 e. The molecular weight excluding hydrogens is 450 g/mol. The van der Waals surface area contributed by atoms with Crippen LogP contribution in [0.15, 0.2) is 64.7 Å². The van der Waals surface area contributed by atoms with Crippen LogP contribution in [0.25, 0.3) is 21.5 Å². The van der Waals surface area contributed by atoms with Crippen molar-refractivity contribution in [1.82, 2.24) is 15.2 Å². The van der Waals surface area contributed by atoms with E-state index in [0.29, 0.717) is 35.2 Å². The molecule has 1 aliphatic heterocycles. The lowest BCUT2D eigenvalue weighted by molar-refractivity contribution is 0.0706. The molecule has 0 spiro atoms. The molecular formula is C26H23N3O4S. The smallest absolute Gasteiger partial charge is 0.412 e. The summed E-state index contributed by atoms with van der Waals surface area (Å²) >= 11 is 1.58. The summed E-state index contributed by atoms with van der Waals surface area (Å²) in [5, 5.41) is 4.83. The Morgan fingerprint density at radius 2 is 2.06 bits per heavy atom. The van der Waals surface area contributed by atoms with Crippen LogP contribution in [0.3, 0.4) is 0 Å². The number of benzene rings is 2. The first-order valence-corrected chi connectivity index (χ1v) is 12.2. The number of aromatic nitrogens is 1. The minimum absolute atomic E-state index is 0.0246. The lowest BCUT2D eigenvalue weighted by Crippen LogP contribution is -2.46. The van der Waals surface area contributed by atoms with Gasteiger partial charge in [-0.3, -0.25) is 4.79 Å². The van der Waals surface area contributed by atoms with Crippen molar-refractivity contribution in [2.45, 2.75) is 19.4 Å². The lowest BCUT2D eigenvalue weighted by Gasteiger charge is -2.28. The topological polar surface area (TPSA) is 84.7 Å². The van der Waals surface area contributed by atoms with Gasteiger partial charge in [0.05, 0.1) is 11.6 Å². The summed E-state index contributed by atoms with van der Waals surface area (Å²) in [6.45, 7) is 3.13. The van der Waals surface area contributed by atoms with Crippen LogP contribution in [-0.4, -0.2) is 41.0 Å². The number of oxazole rings is 1. The van der Waals surface area contributed by atoms with Crippen LogP contribution in [0.2, 0.25) is 0 Å². The molecule has 6 rings (SSSR count). The average molecular weight is 474 g/mol. The molecule has 1 saturated heterocycles. The fraction of sp³-hybridized carbons (Fsp3) is 0.269. The number of nitrogens with one attached hydrogen (secondary N) is 1. The predicted octanol–water partition coefficient (Wildman–Crippen LogP) is 5.11. The molecule has 2 aliphatic rings. The van der Waals surface area contributed by atoms with E-state index in [1.807, 2.05) is 16.3 Å². The highest BCUT2D eigenvalue weighted by Gasteiger charge is 2.54. The van der Waals surface area contributed by atoms with Crippen molar-refractivity contribution in [3.8, 4) is 16.2 Å². The summed E-state index contributed by atoms with van der Waals surface area (Å²) in [5.41, 5.74) is 4.01. The van der Waals surface area contributed by atoms with Crippen molar-refractivity contribution in [3.05, 3.63) is 71.4 Å². The number of amides is 2. The number of hydrogen-bond acceptors (Lipinski definition) is 6. The molecule has 7 nitrogen and oxygen atoms in total. The van der Waals surface area contributed by atoms with E-state index in [-0.39, 0.29) is 11.9 Å². The number of hydrogen-bond donors (Lipinski definition) is 1. The number of carbonyl (C=O) groups excluding carboxylic acids is 2. The van der Waals surface area contributed by atoms with E-state index in [1.165, 1.54) is 12.0 Å². The molecule has 0 bridgehead atoms. The van der Waals surface area contributed by atoms with Gasteiger partial charge in [0, 0.05) is 18.0 Å². The number of nitrogens with zero attached hydrogens (tertiary/aromatic N) is 2. The van der Waals surface area contributed by atoms with E-state index >= 15 is 0 Å². The van der Waals surface area contributed by atoms with Crippen LogP contribution in [-0.2, 0) is 0 Å². The molecule has 34 heavy (non-hydrogen) atoms. The molecule has 3 heterocycles. The first-order chi connectivity index (χ1) is 16.6. The van der Waals surface area contributed by atoms with Crippen LogP contribution in [0.4, 0.5) is 4.79 Å². The van der Waals surface area contributed by atoms with Gasteiger partial charge >= 0.3 is 6.09 Å². The Bertz CT molecular complexity index is 1380. The fourth-order valence-corrected chi connectivity index (χ4v) is 5.79. The first-order valence-electron chi connectivity index (χ1n) is 11.3. The molecule has 2 aromatic heterocycles. The van der Waals surface area contributed by atoms with E-state index < -0.39 is 6.09 Å². The van der Waals surface area contributed by atoms with Crippen molar-refractivity contribution in [3.63, 3.8) is 0 Å². The maximum absolute atomic E-state index is 13.6. The minimum Gasteiger partial charge on any atom is -0.443 e. The Balaban J connectivity index is 1.15. The average Bonchev–Trinajstić information content (AvgIpc) is 3.22. The van der Waals surface area contributed by atoms with Crippen molar-refractivity contribution in [2.24, 2.45) is 11.8 Å². The second-order valence-electron chi connectivity index (χ2n) is 8.94. The summed E-state index contributed by atoms with van der Waals surface area (Å²) in [6, 6.07) is 15.3. The molecule has 0 radical (unpaired) electrons. The predicted molar refractivity (Wildman–Crippen MR) is 129 cm³/mol. The van der Waals surface area contributed by atoms with Crippen LogP contribution in [0.5, 0.6) is 5.75 Å². The highest BCUT2D eigenvalue weighted by atomic mass is 32.1. The fourth-order valence-electron chi connectivity index (χ4n) is 4.89. The lowest BCUT2D eigenvalue weighted by atomic mass is 10.1. The molecule has 2 fully saturated rings. The van der Waals surface area contributed by atoms with Gasteiger partial charge in [0.1, 0.15) is 0 Å². The first kappa shape index (κ1) is 20.9. The van der Waals surface area contributed by atoms with Crippen molar-refractivity contribution >= 4 is 34.4 Å². The standard InChI is InChI=1S/C26H23N3O4S/c1-15-5-7-16(8-6-15)24-18(9-10-34-24)25(30)29-13-17-11-19(17)20(29)12-27-26(31)33-22-4-2-3-21-23(22)28-14-32-21/h2-10,14,17,19-20H,11-13H2,1H3,(H,27,31)/t17-,19-,20+/m0/s1. The Hall–Kier alpha value is -3.65. The van der Waals surface area contributed by atoms with Gasteiger partial charge in [-0.25, -0.2) is 9.78 Å². The number of fused-ring (bicyclic) bond motifs is 2. The highest BCUT2D eigenvalue weighted by molar-refractivity contribution is 7.14. The molecule has 1 saturated carbocycles. The zero-order valence-corrected chi connectivity index (χ0v) is 19.4. The summed E-state index contributed by atoms with van der Waals surface area (Å²) in [6.07, 6.45) is 1.85. The number of piperidine rings is 1. The van der Waals surface area contributed by atoms with Crippen LogP contribution >= 0.6 is 11.3 Å². The van der Waals surface area contributed by atoms with Gasteiger partial charge < -0.3 is 19.4 Å².